The molecule has 0 unspecified atom stereocenters. The van der Waals surface area contributed by atoms with Crippen LogP contribution >= 0.6 is 0 Å². The minimum atomic E-state index is 0.569. The van der Waals surface area contributed by atoms with Crippen molar-refractivity contribution in [2.24, 2.45) is 5.41 Å². The Balaban J connectivity index is 1.71. The first-order valence-corrected chi connectivity index (χ1v) is 8.81. The van der Waals surface area contributed by atoms with E-state index < -0.39 is 0 Å². The lowest BCUT2D eigenvalue weighted by molar-refractivity contribution is 0.0970. The van der Waals surface area contributed by atoms with E-state index >= 15 is 0 Å². The molecule has 0 saturated carbocycles. The molecule has 1 fully saturated rings. The van der Waals surface area contributed by atoms with Crippen LogP contribution in [-0.2, 0) is 13.0 Å². The van der Waals surface area contributed by atoms with Crippen molar-refractivity contribution in [2.45, 2.75) is 52.0 Å². The second-order valence-corrected chi connectivity index (χ2v) is 7.08. The van der Waals surface area contributed by atoms with Crippen molar-refractivity contribution in [2.75, 3.05) is 26.2 Å². The Bertz CT molecular complexity index is 443. The van der Waals surface area contributed by atoms with E-state index in [9.17, 15) is 0 Å². The van der Waals surface area contributed by atoms with Gasteiger partial charge in [-0.1, -0.05) is 37.6 Å². The van der Waals surface area contributed by atoms with Gasteiger partial charge in [-0.05, 0) is 68.3 Å². The van der Waals surface area contributed by atoms with Gasteiger partial charge in [0.2, 0.25) is 0 Å². The number of hydrogen-bond donors (Lipinski definition) is 1. The third-order valence-corrected chi connectivity index (χ3v) is 5.44. The van der Waals surface area contributed by atoms with Gasteiger partial charge in [0.15, 0.2) is 0 Å². The fourth-order valence-corrected chi connectivity index (χ4v) is 4.35. The summed E-state index contributed by atoms with van der Waals surface area (Å²) in [5, 5.41) is 3.54. The molecule has 0 aliphatic carbocycles. The number of piperidine rings is 1. The fraction of sp³-hybridized carbons (Fsp3) is 0.684. The summed E-state index contributed by atoms with van der Waals surface area (Å²) in [6.07, 6.45) is 8.02. The van der Waals surface area contributed by atoms with Crippen LogP contribution in [0.1, 0.15) is 50.2 Å². The van der Waals surface area contributed by atoms with E-state index in [0.29, 0.717) is 5.41 Å². The largest absolute Gasteiger partial charge is 0.317 e. The molecule has 116 valence electrons. The first-order valence-electron chi connectivity index (χ1n) is 8.81. The summed E-state index contributed by atoms with van der Waals surface area (Å²) in [5.74, 6) is 0. The Morgan fingerprint density at radius 2 is 1.90 bits per heavy atom. The number of nitrogens with zero attached hydrogens (tertiary/aromatic N) is 1. The molecular formula is C19H30N2. The highest BCUT2D eigenvalue weighted by Gasteiger charge is 2.33. The molecule has 0 amide bonds. The molecule has 1 saturated heterocycles. The topological polar surface area (TPSA) is 15.3 Å². The lowest BCUT2D eigenvalue weighted by Crippen LogP contribution is -2.44. The molecule has 1 aromatic rings. The number of fused-ring (bicyclic) bond motifs is 1. The average Bonchev–Trinajstić information content (AvgIpc) is 2.70. The summed E-state index contributed by atoms with van der Waals surface area (Å²) in [5.41, 5.74) is 3.71. The smallest absolute Gasteiger partial charge is 0.0236 e. The summed E-state index contributed by atoms with van der Waals surface area (Å²) in [6, 6.07) is 9.06. The van der Waals surface area contributed by atoms with Crippen molar-refractivity contribution in [1.82, 2.24) is 10.2 Å². The number of benzene rings is 1. The van der Waals surface area contributed by atoms with E-state index in [1.807, 2.05) is 0 Å². The first-order chi connectivity index (χ1) is 10.3. The van der Waals surface area contributed by atoms with Gasteiger partial charge in [-0.25, -0.2) is 0 Å². The molecule has 0 atom stereocenters. The summed E-state index contributed by atoms with van der Waals surface area (Å²) in [6.45, 7) is 8.51. The third-order valence-electron chi connectivity index (χ3n) is 5.44. The van der Waals surface area contributed by atoms with Gasteiger partial charge in [-0.2, -0.15) is 0 Å². The summed E-state index contributed by atoms with van der Waals surface area (Å²) >= 11 is 0. The maximum atomic E-state index is 3.54. The SMILES string of the molecule is CCCC1(CN2CCCc3ccccc3C2)CCNCC1. The van der Waals surface area contributed by atoms with E-state index in [4.69, 9.17) is 0 Å². The van der Waals surface area contributed by atoms with E-state index in [0.717, 1.165) is 6.54 Å². The number of rotatable bonds is 4. The van der Waals surface area contributed by atoms with Crippen LogP contribution in [0.2, 0.25) is 0 Å². The van der Waals surface area contributed by atoms with Crippen molar-refractivity contribution >= 4 is 0 Å². The van der Waals surface area contributed by atoms with Gasteiger partial charge in [0.05, 0.1) is 0 Å². The van der Waals surface area contributed by atoms with Crippen molar-refractivity contribution in [3.05, 3.63) is 35.4 Å². The standard InChI is InChI=1S/C19H30N2/c1-2-9-19(10-12-20-13-11-19)16-21-14-5-8-17-6-3-4-7-18(17)15-21/h3-4,6-7,20H,2,5,8-16H2,1H3. The number of nitrogens with one attached hydrogen (secondary N) is 1. The predicted octanol–water partition coefficient (Wildman–Crippen LogP) is 3.60. The first kappa shape index (κ1) is 15.1. The van der Waals surface area contributed by atoms with Crippen LogP contribution in [-0.4, -0.2) is 31.1 Å². The molecule has 2 aliphatic heterocycles. The Labute approximate surface area is 129 Å². The zero-order valence-electron chi connectivity index (χ0n) is 13.5. The quantitative estimate of drug-likeness (QED) is 0.909. The molecule has 0 radical (unpaired) electrons. The van der Waals surface area contributed by atoms with Crippen molar-refractivity contribution < 1.29 is 0 Å². The zero-order valence-corrected chi connectivity index (χ0v) is 13.5. The maximum Gasteiger partial charge on any atom is 0.0236 e. The summed E-state index contributed by atoms with van der Waals surface area (Å²) in [4.78, 5) is 2.74. The van der Waals surface area contributed by atoms with Gasteiger partial charge in [-0.15, -0.1) is 0 Å². The van der Waals surface area contributed by atoms with Gasteiger partial charge in [0.1, 0.15) is 0 Å². The molecule has 2 heterocycles. The second-order valence-electron chi connectivity index (χ2n) is 7.08. The molecule has 3 rings (SSSR count). The van der Waals surface area contributed by atoms with Crippen LogP contribution in [0.15, 0.2) is 24.3 Å². The Morgan fingerprint density at radius 3 is 2.67 bits per heavy atom. The molecule has 1 aromatic carbocycles. The van der Waals surface area contributed by atoms with Gasteiger partial charge in [0.25, 0.3) is 0 Å². The van der Waals surface area contributed by atoms with Crippen molar-refractivity contribution in [3.63, 3.8) is 0 Å². The molecule has 0 aromatic heterocycles. The van der Waals surface area contributed by atoms with E-state index in [1.165, 1.54) is 64.7 Å². The molecule has 2 heteroatoms. The fourth-order valence-electron chi connectivity index (χ4n) is 4.35. The Hall–Kier alpha value is -0.860. The van der Waals surface area contributed by atoms with Crippen LogP contribution in [0, 0.1) is 5.41 Å². The molecule has 0 spiro atoms. The Kier molecular flexibility index (Phi) is 4.97. The van der Waals surface area contributed by atoms with Crippen LogP contribution in [0.5, 0.6) is 0 Å². The van der Waals surface area contributed by atoms with E-state index in [1.54, 1.807) is 11.1 Å². The lowest BCUT2D eigenvalue weighted by atomic mass is 9.75. The zero-order chi connectivity index (χ0) is 14.5. The van der Waals surface area contributed by atoms with Crippen molar-refractivity contribution in [3.8, 4) is 0 Å². The molecular weight excluding hydrogens is 256 g/mol. The molecule has 0 bridgehead atoms. The van der Waals surface area contributed by atoms with Crippen LogP contribution < -0.4 is 5.32 Å². The third kappa shape index (κ3) is 3.67. The highest BCUT2D eigenvalue weighted by Crippen LogP contribution is 2.36. The summed E-state index contributed by atoms with van der Waals surface area (Å²) < 4.78 is 0. The predicted molar refractivity (Wildman–Crippen MR) is 89.5 cm³/mol. The molecule has 2 nitrogen and oxygen atoms in total. The number of aryl methyl sites for hydroxylation is 1. The highest BCUT2D eigenvalue weighted by atomic mass is 15.1. The van der Waals surface area contributed by atoms with Gasteiger partial charge in [-0.3, -0.25) is 4.90 Å². The van der Waals surface area contributed by atoms with Crippen LogP contribution in [0.25, 0.3) is 0 Å². The van der Waals surface area contributed by atoms with Gasteiger partial charge >= 0.3 is 0 Å². The van der Waals surface area contributed by atoms with E-state index in [-0.39, 0.29) is 0 Å². The second kappa shape index (κ2) is 6.93. The molecule has 21 heavy (non-hydrogen) atoms. The minimum Gasteiger partial charge on any atom is -0.317 e. The van der Waals surface area contributed by atoms with Crippen LogP contribution in [0.3, 0.4) is 0 Å². The average molecular weight is 286 g/mol. The Morgan fingerprint density at radius 1 is 1.14 bits per heavy atom. The monoisotopic (exact) mass is 286 g/mol. The molecule has 1 N–H and O–H groups in total. The van der Waals surface area contributed by atoms with Crippen LogP contribution in [0.4, 0.5) is 0 Å². The maximum absolute atomic E-state index is 3.54. The normalized spacial score (nSPS) is 22.5. The van der Waals surface area contributed by atoms with Gasteiger partial charge in [0, 0.05) is 13.1 Å². The minimum absolute atomic E-state index is 0.569. The summed E-state index contributed by atoms with van der Waals surface area (Å²) in [7, 11) is 0. The lowest BCUT2D eigenvalue weighted by Gasteiger charge is -2.41. The number of hydrogen-bond acceptors (Lipinski definition) is 2. The highest BCUT2D eigenvalue weighted by molar-refractivity contribution is 5.28. The van der Waals surface area contributed by atoms with E-state index in [2.05, 4.69) is 41.4 Å². The molecule has 2 aliphatic rings. The van der Waals surface area contributed by atoms with Crippen molar-refractivity contribution in [1.29, 1.82) is 0 Å². The van der Waals surface area contributed by atoms with Gasteiger partial charge < -0.3 is 5.32 Å².